The van der Waals surface area contributed by atoms with Gasteiger partial charge in [-0.3, -0.25) is 4.90 Å². The van der Waals surface area contributed by atoms with Crippen molar-refractivity contribution < 1.29 is 0 Å². The number of thioether (sulfide) groups is 1. The molecule has 1 aromatic carbocycles. The Morgan fingerprint density at radius 1 is 1.22 bits per heavy atom. The molecule has 0 aliphatic rings. The van der Waals surface area contributed by atoms with Gasteiger partial charge in [-0.15, -0.1) is 0 Å². The van der Waals surface area contributed by atoms with Crippen LogP contribution in [0.2, 0.25) is 0 Å². The molecular weight excluding hydrogens is 240 g/mol. The van der Waals surface area contributed by atoms with E-state index < -0.39 is 0 Å². The van der Waals surface area contributed by atoms with Gasteiger partial charge in [0, 0.05) is 19.1 Å². The molecule has 0 aliphatic heterocycles. The number of likely N-dealkylation sites (N-methyl/N-ethyl adjacent to an activating group) is 1. The standard InChI is InChI=1S/C15H26N2S/c1-3-17(13-14-8-6-5-7-9-14)15(12-16)10-11-18-4-2/h5-9,15H,3-4,10-13,16H2,1-2H3. The van der Waals surface area contributed by atoms with Gasteiger partial charge in [-0.05, 0) is 30.0 Å². The van der Waals surface area contributed by atoms with E-state index in [1.165, 1.54) is 23.5 Å². The topological polar surface area (TPSA) is 29.3 Å². The van der Waals surface area contributed by atoms with Crippen LogP contribution in [0.1, 0.15) is 25.8 Å². The van der Waals surface area contributed by atoms with Gasteiger partial charge in [-0.2, -0.15) is 11.8 Å². The second kappa shape index (κ2) is 9.42. The number of benzene rings is 1. The highest BCUT2D eigenvalue weighted by Crippen LogP contribution is 2.12. The van der Waals surface area contributed by atoms with Gasteiger partial charge in [0.15, 0.2) is 0 Å². The van der Waals surface area contributed by atoms with Crippen molar-refractivity contribution in [1.82, 2.24) is 4.90 Å². The maximum Gasteiger partial charge on any atom is 0.0237 e. The van der Waals surface area contributed by atoms with E-state index in [1.54, 1.807) is 0 Å². The maximum atomic E-state index is 5.93. The molecule has 18 heavy (non-hydrogen) atoms. The van der Waals surface area contributed by atoms with E-state index in [9.17, 15) is 0 Å². The summed E-state index contributed by atoms with van der Waals surface area (Å²) in [6.45, 7) is 7.26. The highest BCUT2D eigenvalue weighted by atomic mass is 32.2. The second-order valence-corrected chi connectivity index (χ2v) is 5.82. The molecule has 0 aliphatic carbocycles. The predicted molar refractivity (Wildman–Crippen MR) is 83.0 cm³/mol. The molecule has 0 saturated carbocycles. The summed E-state index contributed by atoms with van der Waals surface area (Å²) in [5.41, 5.74) is 7.31. The molecule has 0 fully saturated rings. The molecule has 3 heteroatoms. The molecule has 0 aromatic heterocycles. The third-order valence-electron chi connectivity index (χ3n) is 3.22. The van der Waals surface area contributed by atoms with Gasteiger partial charge in [0.2, 0.25) is 0 Å². The molecule has 1 atom stereocenters. The lowest BCUT2D eigenvalue weighted by molar-refractivity contribution is 0.198. The molecule has 0 radical (unpaired) electrons. The van der Waals surface area contributed by atoms with Crippen LogP contribution in [0, 0.1) is 0 Å². The van der Waals surface area contributed by atoms with E-state index in [2.05, 4.69) is 49.1 Å². The van der Waals surface area contributed by atoms with Crippen molar-refractivity contribution in [3.63, 3.8) is 0 Å². The smallest absolute Gasteiger partial charge is 0.0237 e. The molecule has 0 heterocycles. The second-order valence-electron chi connectivity index (χ2n) is 4.42. The minimum absolute atomic E-state index is 0.509. The zero-order valence-corrected chi connectivity index (χ0v) is 12.5. The Morgan fingerprint density at radius 3 is 2.50 bits per heavy atom. The zero-order valence-electron chi connectivity index (χ0n) is 11.6. The SMILES string of the molecule is CCSCCC(CN)N(CC)Cc1ccccc1. The van der Waals surface area contributed by atoms with E-state index >= 15 is 0 Å². The summed E-state index contributed by atoms with van der Waals surface area (Å²) in [4.78, 5) is 2.49. The lowest BCUT2D eigenvalue weighted by Crippen LogP contribution is -2.40. The van der Waals surface area contributed by atoms with E-state index in [-0.39, 0.29) is 0 Å². The Kier molecular flexibility index (Phi) is 8.14. The molecule has 2 nitrogen and oxygen atoms in total. The molecule has 1 unspecified atom stereocenters. The first-order valence-electron chi connectivity index (χ1n) is 6.87. The lowest BCUT2D eigenvalue weighted by Gasteiger charge is -2.30. The monoisotopic (exact) mass is 266 g/mol. The molecule has 1 rings (SSSR count). The summed E-state index contributed by atoms with van der Waals surface area (Å²) in [5.74, 6) is 2.41. The van der Waals surface area contributed by atoms with Gasteiger partial charge in [-0.25, -0.2) is 0 Å². The number of rotatable bonds is 9. The predicted octanol–water partition coefficient (Wildman–Crippen LogP) is 2.98. The minimum Gasteiger partial charge on any atom is -0.329 e. The van der Waals surface area contributed by atoms with E-state index in [0.29, 0.717) is 6.04 Å². The molecule has 0 amide bonds. The maximum absolute atomic E-state index is 5.93. The van der Waals surface area contributed by atoms with Crippen molar-refractivity contribution in [2.75, 3.05) is 24.6 Å². The first kappa shape index (κ1) is 15.5. The summed E-state index contributed by atoms with van der Waals surface area (Å²) < 4.78 is 0. The first-order valence-corrected chi connectivity index (χ1v) is 8.03. The van der Waals surface area contributed by atoms with Crippen LogP contribution in [0.25, 0.3) is 0 Å². The summed E-state index contributed by atoms with van der Waals surface area (Å²) in [5, 5.41) is 0. The van der Waals surface area contributed by atoms with E-state index in [4.69, 9.17) is 5.73 Å². The van der Waals surface area contributed by atoms with Crippen LogP contribution in [0.15, 0.2) is 30.3 Å². The number of nitrogens with two attached hydrogens (primary N) is 1. The molecule has 0 bridgehead atoms. The van der Waals surface area contributed by atoms with Crippen molar-refractivity contribution in [3.05, 3.63) is 35.9 Å². The molecule has 102 valence electrons. The number of hydrogen-bond donors (Lipinski definition) is 1. The van der Waals surface area contributed by atoms with Crippen molar-refractivity contribution in [3.8, 4) is 0 Å². The van der Waals surface area contributed by atoms with Crippen LogP contribution in [0.5, 0.6) is 0 Å². The van der Waals surface area contributed by atoms with Gasteiger partial charge in [0.1, 0.15) is 0 Å². The molecular formula is C15H26N2S. The van der Waals surface area contributed by atoms with Crippen molar-refractivity contribution in [1.29, 1.82) is 0 Å². The van der Waals surface area contributed by atoms with Gasteiger partial charge in [0.05, 0.1) is 0 Å². The Balaban J connectivity index is 2.51. The third-order valence-corrected chi connectivity index (χ3v) is 4.16. The normalized spacial score (nSPS) is 12.9. The van der Waals surface area contributed by atoms with Gasteiger partial charge < -0.3 is 5.73 Å². The van der Waals surface area contributed by atoms with Crippen molar-refractivity contribution in [2.24, 2.45) is 5.73 Å². The quantitative estimate of drug-likeness (QED) is 0.697. The average Bonchev–Trinajstić information content (AvgIpc) is 2.43. The van der Waals surface area contributed by atoms with Crippen LogP contribution < -0.4 is 5.73 Å². The van der Waals surface area contributed by atoms with Crippen LogP contribution in [0.3, 0.4) is 0 Å². The Bertz CT molecular complexity index is 303. The fraction of sp³-hybridized carbons (Fsp3) is 0.600. The van der Waals surface area contributed by atoms with Crippen LogP contribution in [0.4, 0.5) is 0 Å². The van der Waals surface area contributed by atoms with E-state index in [0.717, 1.165) is 19.6 Å². The van der Waals surface area contributed by atoms with Crippen LogP contribution in [-0.4, -0.2) is 35.5 Å². The highest BCUT2D eigenvalue weighted by Gasteiger charge is 2.15. The lowest BCUT2D eigenvalue weighted by atomic mass is 10.1. The summed E-state index contributed by atoms with van der Waals surface area (Å²) in [6, 6.07) is 11.2. The van der Waals surface area contributed by atoms with Gasteiger partial charge in [0.25, 0.3) is 0 Å². The number of hydrogen-bond acceptors (Lipinski definition) is 3. The molecule has 1 aromatic rings. The fourth-order valence-electron chi connectivity index (χ4n) is 2.13. The largest absolute Gasteiger partial charge is 0.329 e. The minimum atomic E-state index is 0.509. The molecule has 0 saturated heterocycles. The zero-order chi connectivity index (χ0) is 13.2. The van der Waals surface area contributed by atoms with Gasteiger partial charge >= 0.3 is 0 Å². The number of nitrogens with zero attached hydrogens (tertiary/aromatic N) is 1. The first-order chi connectivity index (χ1) is 8.81. The Hall–Kier alpha value is -0.510. The van der Waals surface area contributed by atoms with E-state index in [1.807, 2.05) is 11.8 Å². The van der Waals surface area contributed by atoms with Crippen molar-refractivity contribution >= 4 is 11.8 Å². The summed E-state index contributed by atoms with van der Waals surface area (Å²) in [6.07, 6.45) is 1.19. The molecule has 0 spiro atoms. The molecule has 2 N–H and O–H groups in total. The Morgan fingerprint density at radius 2 is 1.94 bits per heavy atom. The highest BCUT2D eigenvalue weighted by molar-refractivity contribution is 7.99. The Labute approximate surface area is 116 Å². The van der Waals surface area contributed by atoms with Crippen LogP contribution >= 0.6 is 11.8 Å². The summed E-state index contributed by atoms with van der Waals surface area (Å²) >= 11 is 2.00. The van der Waals surface area contributed by atoms with Crippen LogP contribution in [-0.2, 0) is 6.54 Å². The van der Waals surface area contributed by atoms with Crippen molar-refractivity contribution in [2.45, 2.75) is 32.9 Å². The van der Waals surface area contributed by atoms with Gasteiger partial charge in [-0.1, -0.05) is 44.2 Å². The third kappa shape index (κ3) is 5.42. The average molecular weight is 266 g/mol. The summed E-state index contributed by atoms with van der Waals surface area (Å²) in [7, 11) is 0. The fourth-order valence-corrected chi connectivity index (χ4v) is 2.86.